The molecule has 2 N–H and O–H groups in total. The van der Waals surface area contributed by atoms with Crippen LogP contribution >= 0.6 is 15.9 Å². The molecule has 0 bridgehead atoms. The summed E-state index contributed by atoms with van der Waals surface area (Å²) in [5.41, 5.74) is 4.11. The van der Waals surface area contributed by atoms with Crippen molar-refractivity contribution in [2.24, 2.45) is 5.92 Å². The van der Waals surface area contributed by atoms with Crippen LogP contribution < -0.4 is 14.8 Å². The molecular formula is C30H34BrNO6. The fourth-order valence-corrected chi connectivity index (χ4v) is 5.56. The second-order valence-electron chi connectivity index (χ2n) is 10.1. The molecule has 2 aliphatic rings. The molecule has 1 aliphatic carbocycles. The van der Waals surface area contributed by atoms with Gasteiger partial charge in [-0.25, -0.2) is 4.79 Å². The molecule has 2 aromatic rings. The van der Waals surface area contributed by atoms with Gasteiger partial charge < -0.3 is 24.6 Å². The van der Waals surface area contributed by atoms with E-state index in [9.17, 15) is 14.7 Å². The van der Waals surface area contributed by atoms with Crippen molar-refractivity contribution in [3.63, 3.8) is 0 Å². The van der Waals surface area contributed by atoms with Crippen molar-refractivity contribution in [3.05, 3.63) is 74.5 Å². The number of dihydropyridines is 1. The summed E-state index contributed by atoms with van der Waals surface area (Å²) in [4.78, 5) is 27.3. The van der Waals surface area contributed by atoms with Gasteiger partial charge in [-0.3, -0.25) is 4.79 Å². The number of phenolic OH excluding ortho intramolecular Hbond substituents is 1. The second kappa shape index (κ2) is 11.6. The van der Waals surface area contributed by atoms with Crippen molar-refractivity contribution < 1.29 is 28.9 Å². The van der Waals surface area contributed by atoms with Crippen molar-refractivity contribution in [3.8, 4) is 17.2 Å². The Labute approximate surface area is 232 Å². The van der Waals surface area contributed by atoms with Gasteiger partial charge >= 0.3 is 5.97 Å². The molecule has 0 saturated heterocycles. The number of hydrogen-bond donors (Lipinski definition) is 2. The van der Waals surface area contributed by atoms with Gasteiger partial charge in [0.2, 0.25) is 0 Å². The van der Waals surface area contributed by atoms with Crippen molar-refractivity contribution in [2.45, 2.75) is 52.4 Å². The minimum atomic E-state index is -0.661. The van der Waals surface area contributed by atoms with Gasteiger partial charge in [0.15, 0.2) is 17.3 Å². The summed E-state index contributed by atoms with van der Waals surface area (Å²) in [7, 11) is 1.62. The summed E-state index contributed by atoms with van der Waals surface area (Å²) in [6.07, 6.45) is 0.932. The van der Waals surface area contributed by atoms with Crippen LogP contribution in [0.3, 0.4) is 0 Å². The van der Waals surface area contributed by atoms with Gasteiger partial charge in [-0.2, -0.15) is 0 Å². The fourth-order valence-electron chi connectivity index (χ4n) is 5.10. The quantitative estimate of drug-likeness (QED) is 0.361. The Balaban J connectivity index is 1.81. The molecule has 1 heterocycles. The van der Waals surface area contributed by atoms with Gasteiger partial charge in [0, 0.05) is 29.3 Å². The van der Waals surface area contributed by atoms with Crippen LogP contribution in [-0.4, -0.2) is 37.2 Å². The highest BCUT2D eigenvalue weighted by Gasteiger charge is 2.42. The Morgan fingerprint density at radius 1 is 1.16 bits per heavy atom. The molecule has 0 unspecified atom stereocenters. The molecule has 0 fully saturated rings. The zero-order valence-electron chi connectivity index (χ0n) is 22.4. The van der Waals surface area contributed by atoms with Crippen LogP contribution in [0.1, 0.15) is 63.5 Å². The lowest BCUT2D eigenvalue weighted by Crippen LogP contribution is -2.36. The molecule has 0 spiro atoms. The number of allylic oxidation sites excluding steroid dienone is 3. The number of ether oxygens (including phenoxy) is 3. The van der Waals surface area contributed by atoms with Gasteiger partial charge in [0.1, 0.15) is 5.75 Å². The summed E-state index contributed by atoms with van der Waals surface area (Å²) in [6, 6.07) is 11.2. The van der Waals surface area contributed by atoms with Crippen LogP contribution in [0.2, 0.25) is 0 Å². The van der Waals surface area contributed by atoms with E-state index in [0.717, 1.165) is 17.0 Å². The lowest BCUT2D eigenvalue weighted by Gasteiger charge is -2.37. The molecule has 2 aromatic carbocycles. The highest BCUT2D eigenvalue weighted by Crippen LogP contribution is 2.48. The highest BCUT2D eigenvalue weighted by atomic mass is 79.9. The van der Waals surface area contributed by atoms with E-state index >= 15 is 0 Å². The second-order valence-corrected chi connectivity index (χ2v) is 10.9. The lowest BCUT2D eigenvalue weighted by molar-refractivity contribution is -0.140. The van der Waals surface area contributed by atoms with Crippen LogP contribution in [-0.2, 0) is 14.3 Å². The first-order chi connectivity index (χ1) is 18.1. The van der Waals surface area contributed by atoms with E-state index in [-0.39, 0.29) is 35.7 Å². The number of hydrogen-bond acceptors (Lipinski definition) is 7. The number of nitrogens with one attached hydrogen (secondary N) is 1. The molecule has 0 radical (unpaired) electrons. The number of carbonyl (C=O) groups is 2. The topological polar surface area (TPSA) is 94.1 Å². The molecule has 7 nitrogen and oxygen atoms in total. The molecule has 0 saturated carbocycles. The average Bonchev–Trinajstić information content (AvgIpc) is 2.89. The van der Waals surface area contributed by atoms with Crippen LogP contribution in [0.4, 0.5) is 0 Å². The van der Waals surface area contributed by atoms with Gasteiger partial charge in [-0.05, 0) is 83.4 Å². The van der Waals surface area contributed by atoms with E-state index in [1.807, 2.05) is 52.0 Å². The summed E-state index contributed by atoms with van der Waals surface area (Å²) < 4.78 is 17.0. The minimum Gasteiger partial charge on any atom is -0.503 e. The predicted octanol–water partition coefficient (Wildman–Crippen LogP) is 6.12. The number of Topliss-reactive ketones (excluding diaryl/α,β-unsaturated/α-hetero) is 1. The molecule has 8 heteroatoms. The SMILES string of the molecule is CCOc1cc([C@@H]2C(C(=O)OCC(C)C)=C(C)NC3=C2C(=O)C[C@@H](c2ccc(OC)cc2)C3)cc(Br)c1O. The number of aromatic hydroxyl groups is 1. The first kappa shape index (κ1) is 27.8. The van der Waals surface area contributed by atoms with Crippen LogP contribution in [0, 0.1) is 5.92 Å². The number of carbonyl (C=O) groups excluding carboxylic acids is 2. The van der Waals surface area contributed by atoms with E-state index in [1.54, 1.807) is 19.2 Å². The van der Waals surface area contributed by atoms with Gasteiger partial charge in [-0.1, -0.05) is 26.0 Å². The normalized spacial score (nSPS) is 19.3. The molecule has 0 aromatic heterocycles. The van der Waals surface area contributed by atoms with Gasteiger partial charge in [0.05, 0.1) is 30.4 Å². The maximum absolute atomic E-state index is 13.8. The van der Waals surface area contributed by atoms with Crippen molar-refractivity contribution >= 4 is 27.7 Å². The summed E-state index contributed by atoms with van der Waals surface area (Å²) in [5, 5.41) is 13.9. The van der Waals surface area contributed by atoms with E-state index in [1.165, 1.54) is 0 Å². The number of halogens is 1. The first-order valence-corrected chi connectivity index (χ1v) is 13.6. The van der Waals surface area contributed by atoms with Crippen LogP contribution in [0.15, 0.2) is 63.4 Å². The Hall–Kier alpha value is -3.26. The van der Waals surface area contributed by atoms with E-state index in [0.29, 0.717) is 46.3 Å². The van der Waals surface area contributed by atoms with E-state index in [2.05, 4.69) is 21.2 Å². The number of rotatable bonds is 8. The summed E-state index contributed by atoms with van der Waals surface area (Å²) >= 11 is 3.42. The van der Waals surface area contributed by atoms with Crippen molar-refractivity contribution in [2.75, 3.05) is 20.3 Å². The molecule has 38 heavy (non-hydrogen) atoms. The smallest absolute Gasteiger partial charge is 0.336 e. The number of ketones is 1. The molecular weight excluding hydrogens is 550 g/mol. The fraction of sp³-hybridized carbons (Fsp3) is 0.400. The Morgan fingerprint density at radius 3 is 2.50 bits per heavy atom. The summed E-state index contributed by atoms with van der Waals surface area (Å²) in [6.45, 7) is 8.23. The van der Waals surface area contributed by atoms with Crippen molar-refractivity contribution in [1.29, 1.82) is 0 Å². The molecule has 0 amide bonds. The number of esters is 1. The predicted molar refractivity (Wildman–Crippen MR) is 148 cm³/mol. The maximum Gasteiger partial charge on any atom is 0.336 e. The maximum atomic E-state index is 13.8. The van der Waals surface area contributed by atoms with E-state index in [4.69, 9.17) is 14.2 Å². The van der Waals surface area contributed by atoms with E-state index < -0.39 is 11.9 Å². The zero-order chi connectivity index (χ0) is 27.6. The zero-order valence-corrected chi connectivity index (χ0v) is 24.0. The van der Waals surface area contributed by atoms with Crippen molar-refractivity contribution in [1.82, 2.24) is 5.32 Å². The molecule has 1 aliphatic heterocycles. The molecule has 202 valence electrons. The molecule has 4 rings (SSSR count). The summed E-state index contributed by atoms with van der Waals surface area (Å²) in [5.74, 6) is 0.0132. The van der Waals surface area contributed by atoms with Crippen LogP contribution in [0.25, 0.3) is 0 Å². The Bertz CT molecular complexity index is 1290. The lowest BCUT2D eigenvalue weighted by atomic mass is 9.71. The third-order valence-corrected chi connectivity index (χ3v) is 7.47. The Morgan fingerprint density at radius 2 is 1.87 bits per heavy atom. The first-order valence-electron chi connectivity index (χ1n) is 12.8. The monoisotopic (exact) mass is 583 g/mol. The van der Waals surface area contributed by atoms with Gasteiger partial charge in [0.25, 0.3) is 0 Å². The Kier molecular flexibility index (Phi) is 8.51. The minimum absolute atomic E-state index is 0.00640. The van der Waals surface area contributed by atoms with Gasteiger partial charge in [-0.15, -0.1) is 0 Å². The highest BCUT2D eigenvalue weighted by molar-refractivity contribution is 9.10. The molecule has 2 atom stereocenters. The largest absolute Gasteiger partial charge is 0.503 e. The standard InChI is InChI=1S/C30H34BrNO6/c1-6-37-25-14-20(11-22(31)29(25)34)27-26(30(35)38-15-16(2)3)17(4)32-23-12-19(13-24(33)28(23)27)18-7-9-21(36-5)10-8-18/h7-11,14,16,19,27,32,34H,6,12-13,15H2,1-5H3/t19-,27+/m0/s1. The number of methoxy groups -OCH3 is 1. The van der Waals surface area contributed by atoms with Crippen LogP contribution in [0.5, 0.6) is 17.2 Å². The average molecular weight is 585 g/mol. The third-order valence-electron chi connectivity index (χ3n) is 6.87. The third kappa shape index (κ3) is 5.60. The number of phenols is 1. The number of benzene rings is 2.